The summed E-state index contributed by atoms with van der Waals surface area (Å²) in [6.45, 7) is 2.09. The fourth-order valence-electron chi connectivity index (χ4n) is 1.79. The van der Waals surface area contributed by atoms with Crippen LogP contribution in [0, 0.1) is 6.92 Å². The average Bonchev–Trinajstić information content (AvgIpc) is 2.73. The van der Waals surface area contributed by atoms with Gasteiger partial charge in [0.15, 0.2) is 0 Å². The Morgan fingerprint density at radius 3 is 2.53 bits per heavy atom. The number of aryl methyl sites for hydroxylation is 1. The van der Waals surface area contributed by atoms with Crippen molar-refractivity contribution in [3.8, 4) is 5.69 Å². The molecule has 90 valence electrons. The van der Waals surface area contributed by atoms with Crippen molar-refractivity contribution in [1.29, 1.82) is 0 Å². The third-order valence-corrected chi connectivity index (χ3v) is 2.75. The summed E-state index contributed by atoms with van der Waals surface area (Å²) in [6.07, 6.45) is 0. The summed E-state index contributed by atoms with van der Waals surface area (Å²) in [5.74, 6) is 1.93. The van der Waals surface area contributed by atoms with Gasteiger partial charge in [-0.1, -0.05) is 18.2 Å². The number of aromatic nitrogens is 2. The summed E-state index contributed by atoms with van der Waals surface area (Å²) < 4.78 is 1.96. The van der Waals surface area contributed by atoms with Crippen LogP contribution in [-0.2, 0) is 0 Å². The molecule has 0 aliphatic heterocycles. The minimum atomic E-state index is 0.872. The predicted molar refractivity (Wildman–Crippen MR) is 72.2 cm³/mol. The zero-order valence-electron chi connectivity index (χ0n) is 10.7. The topological polar surface area (TPSA) is 33.1 Å². The van der Waals surface area contributed by atoms with Crippen molar-refractivity contribution in [2.45, 2.75) is 6.92 Å². The summed E-state index contributed by atoms with van der Waals surface area (Å²) in [5.41, 5.74) is 2.32. The number of nitrogens with one attached hydrogen (secondary N) is 1. The van der Waals surface area contributed by atoms with Gasteiger partial charge in [0.2, 0.25) is 0 Å². The molecule has 0 saturated heterocycles. The second-order valence-corrected chi connectivity index (χ2v) is 4.23. The molecular weight excluding hydrogens is 212 g/mol. The molecule has 0 aliphatic rings. The van der Waals surface area contributed by atoms with Crippen LogP contribution in [0.3, 0.4) is 0 Å². The van der Waals surface area contributed by atoms with Crippen LogP contribution in [-0.4, -0.2) is 30.9 Å². The maximum atomic E-state index is 4.54. The van der Waals surface area contributed by atoms with E-state index >= 15 is 0 Å². The van der Waals surface area contributed by atoms with Gasteiger partial charge in [0.25, 0.3) is 0 Å². The number of anilines is 2. The maximum absolute atomic E-state index is 4.54. The summed E-state index contributed by atoms with van der Waals surface area (Å²) in [5, 5.41) is 7.62. The number of rotatable bonds is 3. The molecule has 0 atom stereocenters. The molecule has 4 nitrogen and oxygen atoms in total. The standard InChI is InChI=1S/C13H18N4/c1-10-7-5-6-8-11(10)17-13(16(3)4)9-12(14-2)15-17/h5-9H,1-4H3,(H,14,15). The first-order chi connectivity index (χ1) is 8.13. The third kappa shape index (κ3) is 2.11. The number of para-hydroxylation sites is 1. The number of nitrogens with zero attached hydrogens (tertiary/aromatic N) is 3. The molecule has 1 N–H and O–H groups in total. The van der Waals surface area contributed by atoms with Crippen molar-refractivity contribution < 1.29 is 0 Å². The van der Waals surface area contributed by atoms with Crippen molar-refractivity contribution in [3.63, 3.8) is 0 Å². The second-order valence-electron chi connectivity index (χ2n) is 4.23. The lowest BCUT2D eigenvalue weighted by atomic mass is 10.2. The molecular formula is C13H18N4. The Kier molecular flexibility index (Phi) is 3.04. The largest absolute Gasteiger partial charge is 0.372 e. The van der Waals surface area contributed by atoms with Gasteiger partial charge in [-0.25, -0.2) is 4.68 Å². The van der Waals surface area contributed by atoms with Crippen molar-refractivity contribution in [2.24, 2.45) is 0 Å². The van der Waals surface area contributed by atoms with Crippen LogP contribution < -0.4 is 10.2 Å². The predicted octanol–water partition coefficient (Wildman–Crippen LogP) is 2.29. The van der Waals surface area contributed by atoms with Crippen LogP contribution in [0.25, 0.3) is 5.69 Å². The molecule has 2 aromatic rings. The molecule has 0 unspecified atom stereocenters. The minimum Gasteiger partial charge on any atom is -0.372 e. The van der Waals surface area contributed by atoms with Gasteiger partial charge >= 0.3 is 0 Å². The Balaban J connectivity index is 2.58. The quantitative estimate of drug-likeness (QED) is 0.878. The fraction of sp³-hybridized carbons (Fsp3) is 0.308. The third-order valence-electron chi connectivity index (χ3n) is 2.75. The molecule has 2 rings (SSSR count). The monoisotopic (exact) mass is 230 g/mol. The van der Waals surface area contributed by atoms with Crippen LogP contribution >= 0.6 is 0 Å². The molecule has 0 bridgehead atoms. The molecule has 1 heterocycles. The van der Waals surface area contributed by atoms with Gasteiger partial charge in [-0.3, -0.25) is 0 Å². The van der Waals surface area contributed by atoms with E-state index in [4.69, 9.17) is 0 Å². The number of benzene rings is 1. The van der Waals surface area contributed by atoms with E-state index in [0.29, 0.717) is 0 Å². The molecule has 0 aliphatic carbocycles. The van der Waals surface area contributed by atoms with Gasteiger partial charge in [0, 0.05) is 27.2 Å². The van der Waals surface area contributed by atoms with Gasteiger partial charge in [-0.05, 0) is 18.6 Å². The molecule has 1 aromatic heterocycles. The van der Waals surface area contributed by atoms with E-state index in [1.807, 2.05) is 44.0 Å². The molecule has 0 fully saturated rings. The smallest absolute Gasteiger partial charge is 0.150 e. The van der Waals surface area contributed by atoms with Gasteiger partial charge < -0.3 is 10.2 Å². The van der Waals surface area contributed by atoms with Crippen LogP contribution in [0.2, 0.25) is 0 Å². The van der Waals surface area contributed by atoms with Gasteiger partial charge in [-0.2, -0.15) is 0 Å². The van der Waals surface area contributed by atoms with E-state index < -0.39 is 0 Å². The fourth-order valence-corrected chi connectivity index (χ4v) is 1.79. The lowest BCUT2D eigenvalue weighted by molar-refractivity contribution is 0.850. The zero-order valence-corrected chi connectivity index (χ0v) is 10.7. The Morgan fingerprint density at radius 2 is 1.94 bits per heavy atom. The SMILES string of the molecule is CNc1cc(N(C)C)n(-c2ccccc2C)n1. The van der Waals surface area contributed by atoms with Crippen molar-refractivity contribution in [1.82, 2.24) is 9.78 Å². The first kappa shape index (κ1) is 11.5. The lowest BCUT2D eigenvalue weighted by Gasteiger charge is -2.15. The molecule has 0 saturated carbocycles. The average molecular weight is 230 g/mol. The number of hydrogen-bond acceptors (Lipinski definition) is 3. The Hall–Kier alpha value is -1.97. The van der Waals surface area contributed by atoms with E-state index in [9.17, 15) is 0 Å². The zero-order chi connectivity index (χ0) is 12.4. The Morgan fingerprint density at radius 1 is 1.24 bits per heavy atom. The van der Waals surface area contributed by atoms with Crippen molar-refractivity contribution in [3.05, 3.63) is 35.9 Å². The maximum Gasteiger partial charge on any atom is 0.150 e. The van der Waals surface area contributed by atoms with Gasteiger partial charge in [0.1, 0.15) is 11.6 Å². The summed E-state index contributed by atoms with van der Waals surface area (Å²) in [4.78, 5) is 2.06. The highest BCUT2D eigenvalue weighted by Crippen LogP contribution is 2.23. The highest BCUT2D eigenvalue weighted by atomic mass is 15.4. The van der Waals surface area contributed by atoms with Crippen LogP contribution in [0.4, 0.5) is 11.6 Å². The minimum absolute atomic E-state index is 0.872. The first-order valence-electron chi connectivity index (χ1n) is 5.64. The molecule has 4 heteroatoms. The van der Waals surface area contributed by atoms with Crippen molar-refractivity contribution in [2.75, 3.05) is 31.4 Å². The summed E-state index contributed by atoms with van der Waals surface area (Å²) >= 11 is 0. The van der Waals surface area contributed by atoms with Crippen LogP contribution in [0.5, 0.6) is 0 Å². The second kappa shape index (κ2) is 4.49. The van der Waals surface area contributed by atoms with E-state index in [2.05, 4.69) is 34.4 Å². The summed E-state index contributed by atoms with van der Waals surface area (Å²) in [7, 11) is 5.92. The molecule has 0 radical (unpaired) electrons. The van der Waals surface area contributed by atoms with E-state index in [0.717, 1.165) is 17.3 Å². The van der Waals surface area contributed by atoms with E-state index in [1.165, 1.54) is 5.56 Å². The van der Waals surface area contributed by atoms with Gasteiger partial charge in [-0.15, -0.1) is 5.10 Å². The molecule has 0 spiro atoms. The highest BCUT2D eigenvalue weighted by Gasteiger charge is 2.11. The van der Waals surface area contributed by atoms with Crippen LogP contribution in [0.15, 0.2) is 30.3 Å². The number of hydrogen-bond donors (Lipinski definition) is 1. The van der Waals surface area contributed by atoms with Gasteiger partial charge in [0.05, 0.1) is 5.69 Å². The van der Waals surface area contributed by atoms with Crippen LogP contribution in [0.1, 0.15) is 5.56 Å². The highest BCUT2D eigenvalue weighted by molar-refractivity contribution is 5.55. The normalized spacial score (nSPS) is 10.4. The Labute approximate surface area is 102 Å². The molecule has 17 heavy (non-hydrogen) atoms. The van der Waals surface area contributed by atoms with Crippen molar-refractivity contribution >= 4 is 11.6 Å². The van der Waals surface area contributed by atoms with E-state index in [-0.39, 0.29) is 0 Å². The first-order valence-corrected chi connectivity index (χ1v) is 5.64. The molecule has 1 aromatic carbocycles. The Bertz CT molecular complexity index is 514. The van der Waals surface area contributed by atoms with E-state index in [1.54, 1.807) is 0 Å². The molecule has 0 amide bonds. The summed E-state index contributed by atoms with van der Waals surface area (Å²) in [6, 6.07) is 10.3. The lowest BCUT2D eigenvalue weighted by Crippen LogP contribution is -2.14.